The van der Waals surface area contributed by atoms with Crippen LogP contribution in [0.3, 0.4) is 0 Å². The molecule has 0 aliphatic carbocycles. The van der Waals surface area contributed by atoms with Crippen molar-refractivity contribution in [2.75, 3.05) is 35.6 Å². The molecule has 3 aromatic heterocycles. The highest BCUT2D eigenvalue weighted by atomic mass is 35.5. The van der Waals surface area contributed by atoms with E-state index in [4.69, 9.17) is 89.6 Å². The zero-order valence-corrected chi connectivity index (χ0v) is 69.9. The van der Waals surface area contributed by atoms with Crippen molar-refractivity contribution >= 4 is 155 Å². The number of nitrogens with zero attached hydrogens (tertiary/aromatic N) is 9. The van der Waals surface area contributed by atoms with Crippen molar-refractivity contribution in [3.05, 3.63) is 308 Å². The number of carbonyl (C=O) groups excluding carboxylic acids is 3. The number of halogens is 9. The molecular weight excluding hydrogens is 1700 g/mol. The fraction of sp³-hybridized carbons (Fsp3) is 0.250. The summed E-state index contributed by atoms with van der Waals surface area (Å²) in [4.78, 5) is 84.5. The zero-order valence-electron chi connectivity index (χ0n) is 65.4. The second-order valence-corrected chi connectivity index (χ2v) is 34.9. The first-order valence-electron chi connectivity index (χ1n) is 40.2. The molecule has 13 aromatic rings. The predicted octanol–water partition coefficient (Wildman–Crippen LogP) is 18.8. The molecule has 9 aliphatic heterocycles. The molecule has 3 spiro atoms. The van der Waals surface area contributed by atoms with Gasteiger partial charge in [-0.05, 0) is 152 Å². The van der Waals surface area contributed by atoms with Gasteiger partial charge in [0.2, 0.25) is 17.7 Å². The number of amides is 3. The number of aromatic carboxylic acids is 3. The van der Waals surface area contributed by atoms with E-state index in [1.807, 2.05) is 70.4 Å². The highest BCUT2D eigenvalue weighted by molar-refractivity contribution is 6.33. The molecule has 10 aromatic carbocycles. The third-order valence-electron chi connectivity index (χ3n) is 26.6. The van der Waals surface area contributed by atoms with Crippen LogP contribution in [-0.2, 0) is 56.8 Å². The molecule has 22 rings (SSSR count). The zero-order chi connectivity index (χ0) is 85.6. The number of benzene rings is 10. The molecule has 123 heavy (non-hydrogen) atoms. The highest BCUT2D eigenvalue weighted by Gasteiger charge is 2.73. The monoisotopic (exact) mass is 1770 g/mol. The number of aromatic nitrogens is 6. The van der Waals surface area contributed by atoms with E-state index in [1.165, 1.54) is 18.2 Å². The lowest BCUT2D eigenvalue weighted by Gasteiger charge is -2.40. The van der Waals surface area contributed by atoms with Gasteiger partial charge in [-0.25, -0.2) is 27.6 Å². The standard InChI is InChI=1S/C35H27Cl2FN4O4.C29H23Cl2FN4O3.C28H21Cl2FN4O3/c1-2-46-21-6-3-5-18(13-21)17-41-29-16-28-22-11-9-19(33(43)44)14-26(22)40-42(28)32(29)30(23-7-4-8-25(37)31(23)38)35(41)24-12-10-20(36)15-27(24)39-34(35)45;1-2-10-35-23-13-22-16-8-6-14(27(37)38)11-20(16)34-36(22)26(23)24(17-4-3-5-19(31)25(17)32)29(35)18-9-7-15(30)12-21(18)33-28(29)39;1-2-34-22-12-21-15-8-6-13(26(36)37)10-19(15)33-35(21)25(22)23(16-4-3-5-18(30)24(16)31)28(34)17-9-7-14(29)11-20(17)32-27(28)38/h3-15,29-30,32H,2,16-17H2,1H3,(H,39,45)(H,43,44);3-9,11-12,23-24,26H,2,10,13H2,1H3,(H,33,39)(H,37,38);3-11,22-23,25H,2,12H2,1H3,(H,32,38)(H,36,37)/t29-,30-,32?,35+;23-,24-,26?,29+;22-,23-,25?,28+/m000/s1. The molecule has 3 unspecified atom stereocenters. The number of nitrogens with one attached hydrogen (secondary N) is 3. The summed E-state index contributed by atoms with van der Waals surface area (Å²) in [7, 11) is 0. The number of carbonyl (C=O) groups is 6. The topological polar surface area (TPSA) is 272 Å². The molecule has 22 nitrogen and oxygen atoms in total. The number of rotatable bonds is 13. The van der Waals surface area contributed by atoms with Crippen LogP contribution >= 0.6 is 69.6 Å². The maximum atomic E-state index is 16.3. The van der Waals surface area contributed by atoms with Crippen molar-refractivity contribution in [3.63, 3.8) is 0 Å². The predicted molar refractivity (Wildman–Crippen MR) is 460 cm³/mol. The number of likely N-dealkylation sites (tertiary alicyclic amines) is 3. The van der Waals surface area contributed by atoms with Crippen LogP contribution in [0.4, 0.5) is 30.2 Å². The summed E-state index contributed by atoms with van der Waals surface area (Å²) in [5.41, 5.74) is 6.83. The Morgan fingerprint density at radius 2 is 0.789 bits per heavy atom. The average Bonchev–Trinajstić information content (AvgIpc) is 1.51. The minimum absolute atomic E-state index is 0.0159. The first-order valence-corrected chi connectivity index (χ1v) is 42.4. The average molecular weight is 1770 g/mol. The van der Waals surface area contributed by atoms with Crippen molar-refractivity contribution in [3.8, 4) is 5.75 Å². The third kappa shape index (κ3) is 11.7. The molecular formula is C92H71Cl6F3N12O10. The molecule has 12 heterocycles. The van der Waals surface area contributed by atoms with Crippen molar-refractivity contribution in [2.45, 2.75) is 124 Å². The van der Waals surface area contributed by atoms with Gasteiger partial charge >= 0.3 is 17.9 Å². The summed E-state index contributed by atoms with van der Waals surface area (Å²) >= 11 is 38.0. The van der Waals surface area contributed by atoms with Gasteiger partial charge < -0.3 is 36.0 Å². The third-order valence-corrected chi connectivity index (χ3v) is 28.2. The molecule has 9 aliphatic rings. The van der Waals surface area contributed by atoms with E-state index in [1.54, 1.807) is 127 Å². The molecule has 0 radical (unpaired) electrons. The van der Waals surface area contributed by atoms with Crippen LogP contribution in [0, 0.1) is 17.5 Å². The second kappa shape index (κ2) is 29.7. The molecule has 3 amide bonds. The largest absolute Gasteiger partial charge is 0.494 e. The number of fused-ring (bicyclic) bond motifs is 21. The van der Waals surface area contributed by atoms with Crippen LogP contribution in [0.1, 0.15) is 150 Å². The minimum Gasteiger partial charge on any atom is -0.494 e. The number of ether oxygens (including phenoxy) is 1. The van der Waals surface area contributed by atoms with Crippen LogP contribution in [0.2, 0.25) is 30.1 Å². The lowest BCUT2D eigenvalue weighted by Crippen LogP contribution is -2.52. The Morgan fingerprint density at radius 1 is 0.439 bits per heavy atom. The van der Waals surface area contributed by atoms with E-state index in [-0.39, 0.29) is 67.6 Å². The second-order valence-electron chi connectivity index (χ2n) is 32.4. The Labute approximate surface area is 729 Å². The summed E-state index contributed by atoms with van der Waals surface area (Å²) in [6.45, 7) is 7.96. The molecule has 0 bridgehead atoms. The highest BCUT2D eigenvalue weighted by Crippen LogP contribution is 2.68. The van der Waals surface area contributed by atoms with Gasteiger partial charge in [0.1, 0.15) is 39.8 Å². The maximum Gasteiger partial charge on any atom is 0.335 e. The van der Waals surface area contributed by atoms with Gasteiger partial charge in [-0.1, -0.05) is 168 Å². The summed E-state index contributed by atoms with van der Waals surface area (Å²) < 4.78 is 59.6. The molecule has 0 saturated carbocycles. The van der Waals surface area contributed by atoms with E-state index in [0.29, 0.717) is 122 Å². The Morgan fingerprint density at radius 3 is 1.15 bits per heavy atom. The Bertz CT molecular complexity index is 6790. The van der Waals surface area contributed by atoms with E-state index in [9.17, 15) is 44.1 Å². The molecule has 12 atom stereocenters. The Hall–Kier alpha value is -11.4. The van der Waals surface area contributed by atoms with Gasteiger partial charge in [0.15, 0.2) is 0 Å². The van der Waals surface area contributed by atoms with Crippen LogP contribution < -0.4 is 20.7 Å². The van der Waals surface area contributed by atoms with Gasteiger partial charge in [-0.3, -0.25) is 43.1 Å². The fourth-order valence-corrected chi connectivity index (χ4v) is 23.3. The minimum atomic E-state index is -1.37. The molecule has 6 N–H and O–H groups in total. The van der Waals surface area contributed by atoms with Gasteiger partial charge in [0, 0.05) is 144 Å². The Balaban J connectivity index is 0.000000118. The van der Waals surface area contributed by atoms with E-state index in [0.717, 1.165) is 56.4 Å². The molecule has 622 valence electrons. The van der Waals surface area contributed by atoms with Crippen molar-refractivity contribution in [2.24, 2.45) is 0 Å². The van der Waals surface area contributed by atoms with Crippen molar-refractivity contribution in [1.82, 2.24) is 44.0 Å². The van der Waals surface area contributed by atoms with Crippen LogP contribution in [0.25, 0.3) is 32.7 Å². The number of anilines is 3. The maximum absolute atomic E-state index is 16.3. The van der Waals surface area contributed by atoms with Crippen LogP contribution in [-0.4, -0.2) is 133 Å². The van der Waals surface area contributed by atoms with Crippen molar-refractivity contribution in [1.29, 1.82) is 0 Å². The molecule has 31 heteroatoms. The Kier molecular flexibility index (Phi) is 19.3. The van der Waals surface area contributed by atoms with E-state index >= 15 is 13.2 Å². The van der Waals surface area contributed by atoms with Gasteiger partial charge in [0.25, 0.3) is 0 Å². The summed E-state index contributed by atoms with van der Waals surface area (Å²) in [5.74, 6) is -7.04. The lowest BCUT2D eigenvalue weighted by atomic mass is 9.73. The SMILES string of the molecule is CCCN1[C@H]2Cc3c4ccc(C(=O)O)cc4nn3C2[C@H](c2cccc(Cl)c2F)[C@]12C(=O)Nc1cc(Cl)ccc12.CCN1[C@H]2Cc3c4ccc(C(=O)O)cc4nn3C2[C@H](c2cccc(Cl)c2F)[C@]12C(=O)Nc1cc(Cl)ccc12.CCOc1cccc(CN2[C@H]3Cc4c5ccc(C(=O)O)cc5nn4C3[C@H](c3cccc(Cl)c3F)[C@]23C(=O)Nc2cc(Cl)ccc23)c1. The number of hydrogen-bond donors (Lipinski definition) is 6. The molecule has 3 saturated heterocycles. The normalized spacial score (nSPS) is 24.5. The lowest BCUT2D eigenvalue weighted by molar-refractivity contribution is -0.128. The number of likely N-dealkylation sites (N-methyl/N-ethyl adjacent to an activating group) is 1. The first kappa shape index (κ1) is 80.1. The number of carboxylic acid groups (broad SMARTS) is 3. The molecule has 3 fully saturated rings. The summed E-state index contributed by atoms with van der Waals surface area (Å²) in [5, 5.41) is 56.3. The van der Waals surface area contributed by atoms with Crippen molar-refractivity contribution < 1.29 is 62.0 Å². The number of carboxylic acids is 3. The van der Waals surface area contributed by atoms with E-state index < -0.39 is 87.9 Å². The van der Waals surface area contributed by atoms with Crippen LogP contribution in [0.5, 0.6) is 5.75 Å². The van der Waals surface area contributed by atoms with Gasteiger partial charge in [-0.15, -0.1) is 0 Å². The fourth-order valence-electron chi connectivity index (χ4n) is 22.3. The number of hydrogen-bond acceptors (Lipinski definition) is 13. The smallest absolute Gasteiger partial charge is 0.335 e. The quantitative estimate of drug-likeness (QED) is 0.0626. The van der Waals surface area contributed by atoms with Gasteiger partial charge in [0.05, 0.1) is 73.0 Å². The summed E-state index contributed by atoms with van der Waals surface area (Å²) in [6, 6.07) is 51.2. The van der Waals surface area contributed by atoms with E-state index in [2.05, 4.69) is 37.6 Å². The van der Waals surface area contributed by atoms with Crippen LogP contribution in [0.15, 0.2) is 188 Å². The van der Waals surface area contributed by atoms with Gasteiger partial charge in [-0.2, -0.15) is 15.3 Å². The summed E-state index contributed by atoms with van der Waals surface area (Å²) in [6.07, 6.45) is 2.41. The first-order chi connectivity index (χ1) is 59.2.